The maximum Gasteiger partial charge on any atom is 0.246 e. The zero-order valence-corrected chi connectivity index (χ0v) is 21.0. The third-order valence-corrected chi connectivity index (χ3v) is 6.13. The fourth-order valence-corrected chi connectivity index (χ4v) is 4.09. The van der Waals surface area contributed by atoms with Gasteiger partial charge in [-0.1, -0.05) is 75.4 Å². The number of carbonyl (C=O) groups excluding carboxylic acids is 2. The van der Waals surface area contributed by atoms with E-state index in [2.05, 4.69) is 55.7 Å². The molecule has 0 saturated carbocycles. The highest BCUT2D eigenvalue weighted by Gasteiger charge is 2.22. The minimum absolute atomic E-state index is 0.0898. The number of rotatable bonds is 10. The second kappa shape index (κ2) is 12.0. The molecule has 2 amide bonds. The fourth-order valence-electron chi connectivity index (χ4n) is 4.09. The molecule has 0 radical (unpaired) electrons. The number of fused-ring (bicyclic) bond motifs is 1. The van der Waals surface area contributed by atoms with Gasteiger partial charge in [0.1, 0.15) is 6.04 Å². The number of benzene rings is 3. The molecule has 0 aromatic heterocycles. The molecule has 6 heteroatoms. The Morgan fingerprint density at radius 1 is 0.943 bits per heavy atom. The average molecular weight is 475 g/mol. The van der Waals surface area contributed by atoms with Crippen molar-refractivity contribution in [3.63, 3.8) is 0 Å². The third kappa shape index (κ3) is 7.91. The van der Waals surface area contributed by atoms with Crippen molar-refractivity contribution < 1.29 is 9.59 Å². The van der Waals surface area contributed by atoms with Crippen LogP contribution in [0.3, 0.4) is 0 Å². The van der Waals surface area contributed by atoms with Crippen LogP contribution in [-0.2, 0) is 21.4 Å². The lowest BCUT2D eigenvalue weighted by molar-refractivity contribution is -0.126. The van der Waals surface area contributed by atoms with Gasteiger partial charge in [-0.15, -0.1) is 0 Å². The topological polar surface area (TPSA) is 110 Å². The van der Waals surface area contributed by atoms with Gasteiger partial charge in [-0.25, -0.2) is 0 Å². The van der Waals surface area contributed by atoms with Crippen LogP contribution in [0.4, 0.5) is 5.69 Å². The molecule has 0 fully saturated rings. The molecule has 0 bridgehead atoms. The van der Waals surface area contributed by atoms with Gasteiger partial charge in [0.25, 0.3) is 0 Å². The summed E-state index contributed by atoms with van der Waals surface area (Å²) in [7, 11) is 0. The minimum Gasteiger partial charge on any atom is -0.344 e. The molecule has 0 spiro atoms. The first-order chi connectivity index (χ1) is 16.7. The van der Waals surface area contributed by atoms with Crippen molar-refractivity contribution in [2.45, 2.75) is 64.0 Å². The van der Waals surface area contributed by atoms with Crippen molar-refractivity contribution >= 4 is 28.3 Å². The lowest BCUT2D eigenvalue weighted by Gasteiger charge is -2.21. The number of nitrogens with one attached hydrogen (secondary N) is 2. The van der Waals surface area contributed by atoms with Crippen LogP contribution in [0.25, 0.3) is 10.8 Å². The second-order valence-corrected chi connectivity index (χ2v) is 10.2. The molecule has 0 saturated heterocycles. The third-order valence-electron chi connectivity index (χ3n) is 6.13. The van der Waals surface area contributed by atoms with Crippen LogP contribution in [0.2, 0.25) is 0 Å². The molecular formula is C29H38N4O2. The molecule has 3 aromatic carbocycles. The summed E-state index contributed by atoms with van der Waals surface area (Å²) in [6, 6.07) is 21.1. The highest BCUT2D eigenvalue weighted by atomic mass is 16.2. The Morgan fingerprint density at radius 3 is 2.29 bits per heavy atom. The molecule has 186 valence electrons. The van der Waals surface area contributed by atoms with Crippen LogP contribution in [-0.4, -0.2) is 30.4 Å². The van der Waals surface area contributed by atoms with Crippen LogP contribution < -0.4 is 22.1 Å². The SMILES string of the molecule is CC(C)(C)c1ccc(C[C@H](N)CC(=O)N[C@@H](CCCN)C(=O)Nc2ccc3ccccc3c2)cc1. The molecule has 3 rings (SSSR count). The zero-order valence-electron chi connectivity index (χ0n) is 21.0. The predicted molar refractivity (Wildman–Crippen MR) is 144 cm³/mol. The predicted octanol–water partition coefficient (Wildman–Crippen LogP) is 4.26. The molecule has 0 aliphatic heterocycles. The molecule has 0 aliphatic carbocycles. The highest BCUT2D eigenvalue weighted by Crippen LogP contribution is 2.23. The van der Waals surface area contributed by atoms with Crippen LogP contribution in [0.1, 0.15) is 51.2 Å². The second-order valence-electron chi connectivity index (χ2n) is 10.2. The van der Waals surface area contributed by atoms with Gasteiger partial charge in [-0.3, -0.25) is 9.59 Å². The molecule has 2 atom stereocenters. The largest absolute Gasteiger partial charge is 0.344 e. The molecule has 35 heavy (non-hydrogen) atoms. The first-order valence-electron chi connectivity index (χ1n) is 12.3. The van der Waals surface area contributed by atoms with E-state index in [1.807, 2.05) is 42.5 Å². The number of nitrogens with two attached hydrogens (primary N) is 2. The van der Waals surface area contributed by atoms with Gasteiger partial charge in [-0.2, -0.15) is 0 Å². The van der Waals surface area contributed by atoms with E-state index < -0.39 is 6.04 Å². The number of amides is 2. The van der Waals surface area contributed by atoms with E-state index in [0.717, 1.165) is 16.3 Å². The first-order valence-corrected chi connectivity index (χ1v) is 12.3. The minimum atomic E-state index is -0.671. The van der Waals surface area contributed by atoms with E-state index in [1.165, 1.54) is 5.56 Å². The summed E-state index contributed by atoms with van der Waals surface area (Å²) in [5.41, 5.74) is 15.1. The van der Waals surface area contributed by atoms with Gasteiger partial charge in [0, 0.05) is 18.2 Å². The molecule has 6 nitrogen and oxygen atoms in total. The Bertz CT molecular complexity index is 1140. The Kier molecular flexibility index (Phi) is 9.01. The van der Waals surface area contributed by atoms with Crippen molar-refractivity contribution in [1.82, 2.24) is 5.32 Å². The van der Waals surface area contributed by atoms with Crippen LogP contribution in [0.5, 0.6) is 0 Å². The van der Waals surface area contributed by atoms with E-state index in [1.54, 1.807) is 0 Å². The summed E-state index contributed by atoms with van der Waals surface area (Å²) in [5, 5.41) is 7.94. The number of anilines is 1. The fraction of sp³-hybridized carbons (Fsp3) is 0.379. The van der Waals surface area contributed by atoms with Gasteiger partial charge >= 0.3 is 0 Å². The first kappa shape index (κ1) is 26.4. The average Bonchev–Trinajstić information content (AvgIpc) is 2.81. The molecule has 3 aromatic rings. The molecule has 0 heterocycles. The normalized spacial score (nSPS) is 13.3. The molecule has 0 unspecified atom stereocenters. The summed E-state index contributed by atoms with van der Waals surface area (Å²) < 4.78 is 0. The van der Waals surface area contributed by atoms with E-state index in [0.29, 0.717) is 31.5 Å². The van der Waals surface area contributed by atoms with Gasteiger partial charge < -0.3 is 22.1 Å². The molecule has 0 aliphatic rings. The quantitative estimate of drug-likeness (QED) is 0.352. The van der Waals surface area contributed by atoms with Crippen LogP contribution >= 0.6 is 0 Å². The number of hydrogen-bond acceptors (Lipinski definition) is 4. The number of carbonyl (C=O) groups is 2. The van der Waals surface area contributed by atoms with Gasteiger partial charge in [0.2, 0.25) is 11.8 Å². The number of hydrogen-bond donors (Lipinski definition) is 4. The van der Waals surface area contributed by atoms with E-state index in [4.69, 9.17) is 11.5 Å². The lowest BCUT2D eigenvalue weighted by atomic mass is 9.86. The van der Waals surface area contributed by atoms with Crippen molar-refractivity contribution in [3.8, 4) is 0 Å². The van der Waals surface area contributed by atoms with Crippen LogP contribution in [0.15, 0.2) is 66.7 Å². The smallest absolute Gasteiger partial charge is 0.246 e. The van der Waals surface area contributed by atoms with Crippen molar-refractivity contribution in [3.05, 3.63) is 77.9 Å². The van der Waals surface area contributed by atoms with E-state index in [-0.39, 0.29) is 29.7 Å². The Hall–Kier alpha value is -3.22. The molecular weight excluding hydrogens is 436 g/mol. The summed E-state index contributed by atoms with van der Waals surface area (Å²) in [5.74, 6) is -0.493. The standard InChI is InChI=1S/C29H38N4O2/c1-29(2,3)23-13-10-20(11-14-23)17-24(31)19-27(34)33-26(9-6-16-30)28(35)32-25-15-12-21-7-4-5-8-22(21)18-25/h4-5,7-8,10-15,18,24,26H,6,9,16-17,19,30-31H2,1-3H3,(H,32,35)(H,33,34)/t24-,26-/m0/s1. The Balaban J connectivity index is 1.58. The van der Waals surface area contributed by atoms with Crippen molar-refractivity contribution in [2.24, 2.45) is 11.5 Å². The van der Waals surface area contributed by atoms with Gasteiger partial charge in [-0.05, 0) is 65.3 Å². The summed E-state index contributed by atoms with van der Waals surface area (Å²) in [6.45, 7) is 6.97. The summed E-state index contributed by atoms with van der Waals surface area (Å²) in [4.78, 5) is 25.7. The zero-order chi connectivity index (χ0) is 25.4. The lowest BCUT2D eigenvalue weighted by Crippen LogP contribution is -2.45. The van der Waals surface area contributed by atoms with Crippen molar-refractivity contribution in [1.29, 1.82) is 0 Å². The van der Waals surface area contributed by atoms with Gasteiger partial charge in [0.05, 0.1) is 0 Å². The van der Waals surface area contributed by atoms with E-state index in [9.17, 15) is 9.59 Å². The molecule has 6 N–H and O–H groups in total. The van der Waals surface area contributed by atoms with E-state index >= 15 is 0 Å². The maximum atomic E-state index is 13.0. The highest BCUT2D eigenvalue weighted by molar-refractivity contribution is 5.99. The maximum absolute atomic E-state index is 13.0. The summed E-state index contributed by atoms with van der Waals surface area (Å²) >= 11 is 0. The summed E-state index contributed by atoms with van der Waals surface area (Å²) in [6.07, 6.45) is 1.82. The van der Waals surface area contributed by atoms with Gasteiger partial charge in [0.15, 0.2) is 0 Å². The monoisotopic (exact) mass is 474 g/mol. The van der Waals surface area contributed by atoms with Crippen molar-refractivity contribution in [2.75, 3.05) is 11.9 Å². The Labute approximate surface area is 208 Å². The van der Waals surface area contributed by atoms with Crippen LogP contribution in [0, 0.1) is 0 Å². The Morgan fingerprint density at radius 2 is 1.63 bits per heavy atom.